The molecular formula is C14H20. The SMILES string of the molecule is C=C1C=C(C)CCC(/C=C\C)=C1CC. The van der Waals surface area contributed by atoms with Gasteiger partial charge >= 0.3 is 0 Å². The predicted octanol–water partition coefficient (Wildman–Crippen LogP) is 4.57. The Morgan fingerprint density at radius 2 is 2.14 bits per heavy atom. The van der Waals surface area contributed by atoms with Crippen molar-refractivity contribution in [2.24, 2.45) is 0 Å². The van der Waals surface area contributed by atoms with Crippen molar-refractivity contribution in [3.63, 3.8) is 0 Å². The fraction of sp³-hybridized carbons (Fsp3) is 0.429. The van der Waals surface area contributed by atoms with E-state index in [0.29, 0.717) is 0 Å². The first kappa shape index (κ1) is 11.0. The van der Waals surface area contributed by atoms with Crippen LogP contribution in [0.4, 0.5) is 0 Å². The normalized spacial score (nSPS) is 18.8. The smallest absolute Gasteiger partial charge is 0.0239 e. The fourth-order valence-electron chi connectivity index (χ4n) is 1.98. The van der Waals surface area contributed by atoms with Gasteiger partial charge in [0.2, 0.25) is 0 Å². The van der Waals surface area contributed by atoms with E-state index in [1.807, 2.05) is 0 Å². The molecule has 1 rings (SSSR count). The van der Waals surface area contributed by atoms with E-state index in [-0.39, 0.29) is 0 Å². The molecule has 1 aliphatic carbocycles. The first-order valence-corrected chi connectivity index (χ1v) is 5.40. The summed E-state index contributed by atoms with van der Waals surface area (Å²) in [4.78, 5) is 0. The summed E-state index contributed by atoms with van der Waals surface area (Å²) in [6.45, 7) is 10.6. The lowest BCUT2D eigenvalue weighted by Crippen LogP contribution is -1.88. The Labute approximate surface area is 87.7 Å². The van der Waals surface area contributed by atoms with Gasteiger partial charge in [0.05, 0.1) is 0 Å². The predicted molar refractivity (Wildman–Crippen MR) is 64.3 cm³/mol. The molecule has 76 valence electrons. The minimum absolute atomic E-state index is 1.09. The molecule has 0 heterocycles. The highest BCUT2D eigenvalue weighted by molar-refractivity contribution is 5.47. The average molecular weight is 188 g/mol. The van der Waals surface area contributed by atoms with Gasteiger partial charge < -0.3 is 0 Å². The second-order valence-electron chi connectivity index (χ2n) is 3.87. The van der Waals surface area contributed by atoms with Gasteiger partial charge in [-0.2, -0.15) is 0 Å². The Morgan fingerprint density at radius 1 is 1.43 bits per heavy atom. The number of allylic oxidation sites excluding steroid dienone is 7. The van der Waals surface area contributed by atoms with Crippen LogP contribution in [0.5, 0.6) is 0 Å². The minimum atomic E-state index is 1.09. The lowest BCUT2D eigenvalue weighted by atomic mass is 9.98. The van der Waals surface area contributed by atoms with Gasteiger partial charge in [0.1, 0.15) is 0 Å². The van der Waals surface area contributed by atoms with Crippen LogP contribution in [0.1, 0.15) is 40.0 Å². The summed E-state index contributed by atoms with van der Waals surface area (Å²) < 4.78 is 0. The quantitative estimate of drug-likeness (QED) is 0.595. The molecule has 14 heavy (non-hydrogen) atoms. The van der Waals surface area contributed by atoms with Crippen molar-refractivity contribution in [1.82, 2.24) is 0 Å². The second kappa shape index (κ2) is 4.99. The first-order valence-electron chi connectivity index (χ1n) is 5.40. The Balaban J connectivity index is 3.07. The molecule has 0 atom stereocenters. The van der Waals surface area contributed by atoms with Gasteiger partial charge in [0.15, 0.2) is 0 Å². The van der Waals surface area contributed by atoms with Gasteiger partial charge in [-0.3, -0.25) is 0 Å². The van der Waals surface area contributed by atoms with Gasteiger partial charge in [-0.25, -0.2) is 0 Å². The maximum absolute atomic E-state index is 4.14. The van der Waals surface area contributed by atoms with Crippen LogP contribution in [0.25, 0.3) is 0 Å². The summed E-state index contributed by atoms with van der Waals surface area (Å²) in [5, 5.41) is 0. The molecule has 0 N–H and O–H groups in total. The van der Waals surface area contributed by atoms with Gasteiger partial charge in [-0.15, -0.1) is 0 Å². The minimum Gasteiger partial charge on any atom is -0.0915 e. The first-order chi connectivity index (χ1) is 6.69. The van der Waals surface area contributed by atoms with Crippen molar-refractivity contribution in [3.05, 3.63) is 47.1 Å². The molecule has 0 nitrogen and oxygen atoms in total. The van der Waals surface area contributed by atoms with E-state index in [1.165, 1.54) is 28.7 Å². The lowest BCUT2D eigenvalue weighted by molar-refractivity contribution is 0.937. The highest BCUT2D eigenvalue weighted by Gasteiger charge is 2.09. The monoisotopic (exact) mass is 188 g/mol. The van der Waals surface area contributed by atoms with Crippen LogP contribution in [0.3, 0.4) is 0 Å². The van der Waals surface area contributed by atoms with Crippen molar-refractivity contribution in [2.75, 3.05) is 0 Å². The maximum atomic E-state index is 4.14. The van der Waals surface area contributed by atoms with Crippen molar-refractivity contribution < 1.29 is 0 Å². The summed E-state index contributed by atoms with van der Waals surface area (Å²) >= 11 is 0. The van der Waals surface area contributed by atoms with E-state index in [0.717, 1.165) is 12.8 Å². The topological polar surface area (TPSA) is 0 Å². The molecule has 0 saturated carbocycles. The van der Waals surface area contributed by atoms with Gasteiger partial charge in [-0.05, 0) is 49.8 Å². The summed E-state index contributed by atoms with van der Waals surface area (Å²) in [7, 11) is 0. The van der Waals surface area contributed by atoms with Crippen LogP contribution in [-0.4, -0.2) is 0 Å². The molecule has 0 aliphatic heterocycles. The largest absolute Gasteiger partial charge is 0.0915 e. The summed E-state index contributed by atoms with van der Waals surface area (Å²) in [5.74, 6) is 0. The standard InChI is InChI=1S/C14H20/c1-5-7-13-9-8-11(3)10-12(4)14(13)6-2/h5,7,10H,4,6,8-9H2,1-3H3/b7-5-. The second-order valence-corrected chi connectivity index (χ2v) is 3.87. The third-order valence-electron chi connectivity index (χ3n) is 2.71. The van der Waals surface area contributed by atoms with Crippen molar-refractivity contribution in [3.8, 4) is 0 Å². The Morgan fingerprint density at radius 3 is 2.71 bits per heavy atom. The lowest BCUT2D eigenvalue weighted by Gasteiger charge is -2.08. The van der Waals surface area contributed by atoms with Crippen LogP contribution in [0.2, 0.25) is 0 Å². The van der Waals surface area contributed by atoms with E-state index < -0.39 is 0 Å². The molecule has 0 radical (unpaired) electrons. The zero-order valence-corrected chi connectivity index (χ0v) is 9.56. The zero-order chi connectivity index (χ0) is 10.6. The van der Waals surface area contributed by atoms with Crippen LogP contribution in [0.15, 0.2) is 47.1 Å². The third kappa shape index (κ3) is 2.47. The number of hydrogen-bond acceptors (Lipinski definition) is 0. The van der Waals surface area contributed by atoms with E-state index >= 15 is 0 Å². The Bertz CT molecular complexity index is 311. The molecule has 0 spiro atoms. The number of rotatable bonds is 2. The molecule has 0 amide bonds. The molecule has 0 heteroatoms. The maximum Gasteiger partial charge on any atom is -0.0239 e. The Kier molecular flexibility index (Phi) is 3.94. The fourth-order valence-corrected chi connectivity index (χ4v) is 1.98. The van der Waals surface area contributed by atoms with Crippen LogP contribution in [0, 0.1) is 0 Å². The average Bonchev–Trinajstić information content (AvgIpc) is 2.26. The highest BCUT2D eigenvalue weighted by atomic mass is 14.1. The molecule has 0 aromatic rings. The van der Waals surface area contributed by atoms with Crippen molar-refractivity contribution in [2.45, 2.75) is 40.0 Å². The van der Waals surface area contributed by atoms with Crippen LogP contribution >= 0.6 is 0 Å². The van der Waals surface area contributed by atoms with Crippen LogP contribution in [-0.2, 0) is 0 Å². The zero-order valence-electron chi connectivity index (χ0n) is 9.56. The van der Waals surface area contributed by atoms with E-state index in [4.69, 9.17) is 0 Å². The molecular weight excluding hydrogens is 168 g/mol. The number of hydrogen-bond donors (Lipinski definition) is 0. The summed E-state index contributed by atoms with van der Waals surface area (Å²) in [6, 6.07) is 0. The molecule has 0 unspecified atom stereocenters. The molecule has 0 saturated heterocycles. The molecule has 1 aliphatic rings. The molecule has 0 fully saturated rings. The summed E-state index contributed by atoms with van der Waals surface area (Å²) in [6.07, 6.45) is 10.0. The van der Waals surface area contributed by atoms with Gasteiger partial charge in [-0.1, -0.05) is 37.3 Å². The third-order valence-corrected chi connectivity index (χ3v) is 2.71. The van der Waals surface area contributed by atoms with Crippen molar-refractivity contribution >= 4 is 0 Å². The molecule has 0 aromatic carbocycles. The van der Waals surface area contributed by atoms with E-state index in [1.54, 1.807) is 0 Å². The van der Waals surface area contributed by atoms with Gasteiger partial charge in [0, 0.05) is 0 Å². The van der Waals surface area contributed by atoms with Crippen molar-refractivity contribution in [1.29, 1.82) is 0 Å². The van der Waals surface area contributed by atoms with E-state index in [2.05, 4.69) is 45.6 Å². The molecule has 0 aromatic heterocycles. The highest BCUT2D eigenvalue weighted by Crippen LogP contribution is 2.28. The van der Waals surface area contributed by atoms with Crippen LogP contribution < -0.4 is 0 Å². The van der Waals surface area contributed by atoms with E-state index in [9.17, 15) is 0 Å². The van der Waals surface area contributed by atoms with Gasteiger partial charge in [0.25, 0.3) is 0 Å². The molecule has 0 bridgehead atoms. The Hall–Kier alpha value is -1.04. The summed E-state index contributed by atoms with van der Waals surface area (Å²) in [5.41, 5.74) is 5.55.